The average molecular weight is 371 g/mol. The summed E-state index contributed by atoms with van der Waals surface area (Å²) in [6.45, 7) is 7.97. The number of nitrogens with two attached hydrogens (primary N) is 1. The Kier molecular flexibility index (Phi) is 4.82. The van der Waals surface area contributed by atoms with Crippen LogP contribution in [0, 0.1) is 0 Å². The minimum absolute atomic E-state index is 0.184. The van der Waals surface area contributed by atoms with Gasteiger partial charge in [0.15, 0.2) is 5.65 Å². The van der Waals surface area contributed by atoms with Crippen molar-refractivity contribution >= 4 is 27.6 Å². The third-order valence-electron chi connectivity index (χ3n) is 5.06. The predicted octanol–water partition coefficient (Wildman–Crippen LogP) is 5.32. The lowest BCUT2D eigenvalue weighted by atomic mass is 10.00. The number of rotatable bonds is 6. The van der Waals surface area contributed by atoms with Crippen LogP contribution in [0.25, 0.3) is 33.1 Å². The summed E-state index contributed by atoms with van der Waals surface area (Å²) in [6, 6.07) is 13.3. The molecule has 0 saturated carbocycles. The van der Waals surface area contributed by atoms with Crippen LogP contribution in [0.2, 0.25) is 0 Å². The van der Waals surface area contributed by atoms with E-state index < -0.39 is 0 Å². The highest BCUT2D eigenvalue weighted by Gasteiger charge is 2.18. The van der Waals surface area contributed by atoms with Gasteiger partial charge in [-0.05, 0) is 55.5 Å². The molecular weight excluding hydrogens is 346 g/mol. The first-order valence-electron chi connectivity index (χ1n) is 9.71. The Balaban J connectivity index is 1.79. The molecule has 0 atom stereocenters. The van der Waals surface area contributed by atoms with Gasteiger partial charge in [-0.2, -0.15) is 5.10 Å². The number of hydrogen-bond donors (Lipinski definition) is 1. The maximum Gasteiger partial charge on any atom is 0.164 e. The lowest BCUT2D eigenvalue weighted by molar-refractivity contribution is 0.548. The Hall–Kier alpha value is -3.21. The van der Waals surface area contributed by atoms with Gasteiger partial charge in [0.25, 0.3) is 0 Å². The summed E-state index contributed by atoms with van der Waals surface area (Å²) in [4.78, 5) is 8.60. The van der Waals surface area contributed by atoms with Crippen molar-refractivity contribution in [1.82, 2.24) is 19.7 Å². The fraction of sp³-hybridized carbons (Fsp3) is 0.261. The van der Waals surface area contributed by atoms with E-state index in [1.54, 1.807) is 0 Å². The molecule has 0 aliphatic heterocycles. The van der Waals surface area contributed by atoms with Crippen molar-refractivity contribution in [1.29, 1.82) is 0 Å². The van der Waals surface area contributed by atoms with Crippen LogP contribution in [0.5, 0.6) is 0 Å². The average Bonchev–Trinajstić information content (AvgIpc) is 3.09. The molecule has 5 nitrogen and oxygen atoms in total. The van der Waals surface area contributed by atoms with Gasteiger partial charge in [0.1, 0.15) is 17.8 Å². The quantitative estimate of drug-likeness (QED) is 0.368. The number of hydrogen-bond acceptors (Lipinski definition) is 4. The van der Waals surface area contributed by atoms with E-state index in [1.165, 1.54) is 22.7 Å². The third kappa shape index (κ3) is 3.24. The zero-order valence-corrected chi connectivity index (χ0v) is 16.4. The van der Waals surface area contributed by atoms with Crippen molar-refractivity contribution in [3.05, 3.63) is 60.9 Å². The fourth-order valence-electron chi connectivity index (χ4n) is 3.61. The summed E-state index contributed by atoms with van der Waals surface area (Å²) in [5, 5.41) is 8.06. The van der Waals surface area contributed by atoms with Gasteiger partial charge in [0, 0.05) is 11.6 Å². The molecule has 0 radical (unpaired) electrons. The second-order valence-corrected chi connectivity index (χ2v) is 7.42. The molecule has 5 heteroatoms. The van der Waals surface area contributed by atoms with Gasteiger partial charge in [0.2, 0.25) is 0 Å². The minimum Gasteiger partial charge on any atom is -0.383 e. The molecule has 142 valence electrons. The lowest BCUT2D eigenvalue weighted by Gasteiger charge is -2.06. The number of nitrogen functional groups attached to an aromatic ring is 1. The number of benzene rings is 2. The number of aromatic nitrogens is 4. The molecule has 0 amide bonds. The van der Waals surface area contributed by atoms with Crippen molar-refractivity contribution in [2.75, 3.05) is 5.73 Å². The van der Waals surface area contributed by atoms with E-state index in [4.69, 9.17) is 10.8 Å². The van der Waals surface area contributed by atoms with Crippen LogP contribution in [0.1, 0.15) is 38.3 Å². The Morgan fingerprint density at radius 1 is 1.11 bits per heavy atom. The van der Waals surface area contributed by atoms with E-state index >= 15 is 0 Å². The minimum atomic E-state index is 0.184. The Morgan fingerprint density at radius 2 is 1.89 bits per heavy atom. The van der Waals surface area contributed by atoms with Gasteiger partial charge in [-0.15, -0.1) is 6.58 Å². The highest BCUT2D eigenvalue weighted by Crippen LogP contribution is 2.33. The van der Waals surface area contributed by atoms with Gasteiger partial charge in [0.05, 0.1) is 5.39 Å². The predicted molar refractivity (Wildman–Crippen MR) is 116 cm³/mol. The van der Waals surface area contributed by atoms with Crippen LogP contribution < -0.4 is 5.73 Å². The number of aryl methyl sites for hydroxylation is 1. The Bertz CT molecular complexity index is 1160. The second-order valence-electron chi connectivity index (χ2n) is 7.42. The van der Waals surface area contributed by atoms with Crippen LogP contribution in [-0.2, 0) is 6.42 Å². The first kappa shape index (κ1) is 18.2. The number of fused-ring (bicyclic) bond motifs is 2. The smallest absolute Gasteiger partial charge is 0.164 e. The van der Waals surface area contributed by atoms with E-state index in [9.17, 15) is 0 Å². The molecule has 2 N–H and O–H groups in total. The number of anilines is 1. The van der Waals surface area contributed by atoms with Crippen LogP contribution in [-0.4, -0.2) is 19.7 Å². The van der Waals surface area contributed by atoms with Crippen LogP contribution >= 0.6 is 0 Å². The van der Waals surface area contributed by atoms with E-state index in [2.05, 4.69) is 66.8 Å². The highest BCUT2D eigenvalue weighted by atomic mass is 15.3. The van der Waals surface area contributed by atoms with Gasteiger partial charge < -0.3 is 5.73 Å². The fourth-order valence-corrected chi connectivity index (χ4v) is 3.61. The monoisotopic (exact) mass is 371 g/mol. The zero-order valence-electron chi connectivity index (χ0n) is 16.4. The molecule has 4 aromatic rings. The lowest BCUT2D eigenvalue weighted by Crippen LogP contribution is -2.04. The third-order valence-corrected chi connectivity index (χ3v) is 5.06. The van der Waals surface area contributed by atoms with E-state index in [-0.39, 0.29) is 6.04 Å². The standard InChI is InChI=1S/C23H25N5/c1-4-5-6-7-16-8-9-18-13-19(11-10-17(18)12-16)21-20-22(24)25-14-26-23(20)28(27-21)15(2)3/h4,8-15H,1,5-7H2,2-3H3,(H2,24,25,26). The molecule has 2 aromatic heterocycles. The zero-order chi connectivity index (χ0) is 19.7. The highest BCUT2D eigenvalue weighted by molar-refractivity contribution is 6.00. The molecule has 0 aliphatic rings. The summed E-state index contributed by atoms with van der Waals surface area (Å²) >= 11 is 0. The topological polar surface area (TPSA) is 69.6 Å². The number of unbranched alkanes of at least 4 members (excludes halogenated alkanes) is 1. The molecular formula is C23H25N5. The SMILES string of the molecule is C=CCCCc1ccc2cc(-c3nn(C(C)C)c4ncnc(N)c34)ccc2c1. The normalized spacial score (nSPS) is 11.5. The van der Waals surface area contributed by atoms with Crippen molar-refractivity contribution in [2.45, 2.75) is 39.2 Å². The Morgan fingerprint density at radius 3 is 2.68 bits per heavy atom. The number of allylic oxidation sites excluding steroid dienone is 1. The van der Waals surface area contributed by atoms with Crippen LogP contribution in [0.4, 0.5) is 5.82 Å². The van der Waals surface area contributed by atoms with Gasteiger partial charge in [-0.3, -0.25) is 0 Å². The molecule has 2 heterocycles. The molecule has 2 aromatic carbocycles. The van der Waals surface area contributed by atoms with Crippen molar-refractivity contribution in [3.63, 3.8) is 0 Å². The summed E-state index contributed by atoms with van der Waals surface area (Å²) in [7, 11) is 0. The molecule has 0 bridgehead atoms. The molecule has 0 aliphatic carbocycles. The maximum absolute atomic E-state index is 6.19. The Labute approximate surface area is 164 Å². The second kappa shape index (κ2) is 7.43. The first-order chi connectivity index (χ1) is 13.6. The van der Waals surface area contributed by atoms with Gasteiger partial charge in [-0.1, -0.05) is 36.4 Å². The summed E-state index contributed by atoms with van der Waals surface area (Å²) in [6.07, 6.45) is 6.72. The van der Waals surface area contributed by atoms with Crippen molar-refractivity contribution in [3.8, 4) is 11.3 Å². The summed E-state index contributed by atoms with van der Waals surface area (Å²) in [5.74, 6) is 0.463. The van der Waals surface area contributed by atoms with Crippen molar-refractivity contribution in [2.24, 2.45) is 0 Å². The maximum atomic E-state index is 6.19. The molecule has 0 fully saturated rings. The van der Waals surface area contributed by atoms with Crippen LogP contribution in [0.15, 0.2) is 55.4 Å². The van der Waals surface area contributed by atoms with Crippen LogP contribution in [0.3, 0.4) is 0 Å². The summed E-state index contributed by atoms with van der Waals surface area (Å²) in [5.41, 5.74) is 10.2. The van der Waals surface area contributed by atoms with E-state index in [0.717, 1.165) is 41.6 Å². The van der Waals surface area contributed by atoms with Gasteiger partial charge in [-0.25, -0.2) is 14.6 Å². The van der Waals surface area contributed by atoms with Crippen molar-refractivity contribution < 1.29 is 0 Å². The molecule has 28 heavy (non-hydrogen) atoms. The molecule has 0 unspecified atom stereocenters. The number of nitrogens with zero attached hydrogens (tertiary/aromatic N) is 4. The van der Waals surface area contributed by atoms with E-state index in [0.29, 0.717) is 5.82 Å². The molecule has 0 spiro atoms. The molecule has 4 rings (SSSR count). The largest absolute Gasteiger partial charge is 0.383 e. The molecule has 0 saturated heterocycles. The summed E-state index contributed by atoms with van der Waals surface area (Å²) < 4.78 is 1.91. The van der Waals surface area contributed by atoms with E-state index in [1.807, 2.05) is 10.8 Å². The van der Waals surface area contributed by atoms with Gasteiger partial charge >= 0.3 is 0 Å². The first-order valence-corrected chi connectivity index (χ1v) is 9.71.